The first-order chi connectivity index (χ1) is 10.6. The van der Waals surface area contributed by atoms with Crippen LogP contribution in [-0.4, -0.2) is 12.5 Å². The van der Waals surface area contributed by atoms with Crippen molar-refractivity contribution >= 4 is 33.6 Å². The van der Waals surface area contributed by atoms with Crippen molar-refractivity contribution in [2.45, 2.75) is 13.3 Å². The second kappa shape index (κ2) is 6.36. The number of hydrogen-bond donors (Lipinski definition) is 1. The number of anilines is 1. The zero-order chi connectivity index (χ0) is 15.5. The van der Waals surface area contributed by atoms with E-state index in [4.69, 9.17) is 4.74 Å². The molecule has 1 heterocycles. The van der Waals surface area contributed by atoms with Gasteiger partial charge in [0.1, 0.15) is 5.75 Å². The van der Waals surface area contributed by atoms with Crippen molar-refractivity contribution < 1.29 is 9.53 Å². The summed E-state index contributed by atoms with van der Waals surface area (Å²) in [6, 6.07) is 11.7. The minimum absolute atomic E-state index is 0.137. The number of benzene rings is 2. The first-order valence-electron chi connectivity index (χ1n) is 7.13. The summed E-state index contributed by atoms with van der Waals surface area (Å²) in [4.78, 5) is 12.0. The number of carbonyl (C=O) groups is 1. The number of fused-ring (bicyclic) bond motifs is 1. The molecular weight excluding hydrogens is 342 g/mol. The topological polar surface area (TPSA) is 38.3 Å². The van der Waals surface area contributed by atoms with Gasteiger partial charge in [0, 0.05) is 22.7 Å². The van der Waals surface area contributed by atoms with E-state index >= 15 is 0 Å². The van der Waals surface area contributed by atoms with Gasteiger partial charge in [-0.3, -0.25) is 4.79 Å². The van der Waals surface area contributed by atoms with E-state index in [2.05, 4.69) is 27.3 Å². The van der Waals surface area contributed by atoms with Gasteiger partial charge in [0.25, 0.3) is 0 Å². The highest BCUT2D eigenvalue weighted by molar-refractivity contribution is 9.10. The molecule has 0 saturated carbocycles. The Bertz CT molecular complexity index is 753. The predicted molar refractivity (Wildman–Crippen MR) is 92.2 cm³/mol. The lowest BCUT2D eigenvalue weighted by molar-refractivity contribution is -0.111. The van der Waals surface area contributed by atoms with Crippen LogP contribution in [0.2, 0.25) is 0 Å². The van der Waals surface area contributed by atoms with E-state index < -0.39 is 0 Å². The van der Waals surface area contributed by atoms with Crippen LogP contribution in [0.3, 0.4) is 0 Å². The average molecular weight is 358 g/mol. The van der Waals surface area contributed by atoms with Crippen LogP contribution in [0.5, 0.6) is 5.75 Å². The van der Waals surface area contributed by atoms with Crippen LogP contribution in [-0.2, 0) is 11.2 Å². The second-order valence-electron chi connectivity index (χ2n) is 5.25. The predicted octanol–water partition coefficient (Wildman–Crippen LogP) is 4.34. The Morgan fingerprint density at radius 3 is 2.95 bits per heavy atom. The number of halogens is 1. The highest BCUT2D eigenvalue weighted by Gasteiger charge is 2.11. The fourth-order valence-electron chi connectivity index (χ4n) is 2.42. The molecule has 0 bridgehead atoms. The number of nitrogens with one attached hydrogen (secondary N) is 1. The molecule has 3 rings (SSSR count). The van der Waals surface area contributed by atoms with E-state index in [0.717, 1.165) is 40.1 Å². The lowest BCUT2D eigenvalue weighted by Crippen LogP contribution is -2.08. The summed E-state index contributed by atoms with van der Waals surface area (Å²) >= 11 is 3.41. The number of aryl methyl sites for hydroxylation is 1. The summed E-state index contributed by atoms with van der Waals surface area (Å²) in [5.41, 5.74) is 4.05. The summed E-state index contributed by atoms with van der Waals surface area (Å²) in [7, 11) is 0. The molecule has 1 aliphatic rings. The van der Waals surface area contributed by atoms with E-state index in [1.54, 1.807) is 6.08 Å². The van der Waals surface area contributed by atoms with Gasteiger partial charge < -0.3 is 10.1 Å². The molecule has 2 aromatic carbocycles. The lowest BCUT2D eigenvalue weighted by atomic mass is 10.1. The van der Waals surface area contributed by atoms with E-state index in [1.807, 2.05) is 43.3 Å². The van der Waals surface area contributed by atoms with Crippen molar-refractivity contribution in [2.24, 2.45) is 0 Å². The zero-order valence-corrected chi connectivity index (χ0v) is 13.8. The third-order valence-electron chi connectivity index (χ3n) is 3.59. The van der Waals surface area contributed by atoms with Crippen molar-refractivity contribution in [3.63, 3.8) is 0 Å². The molecule has 2 aromatic rings. The summed E-state index contributed by atoms with van der Waals surface area (Å²) in [6.45, 7) is 2.70. The fourth-order valence-corrected chi connectivity index (χ4v) is 2.90. The molecular formula is C18H16BrNO2. The van der Waals surface area contributed by atoms with E-state index in [9.17, 15) is 4.79 Å². The zero-order valence-electron chi connectivity index (χ0n) is 12.2. The molecule has 0 saturated heterocycles. The number of carbonyl (C=O) groups excluding carboxylic acids is 1. The number of ether oxygens (including phenoxy) is 1. The van der Waals surface area contributed by atoms with Crippen LogP contribution < -0.4 is 10.1 Å². The van der Waals surface area contributed by atoms with E-state index in [-0.39, 0.29) is 5.91 Å². The Morgan fingerprint density at radius 1 is 1.27 bits per heavy atom. The fraction of sp³-hybridized carbons (Fsp3) is 0.167. The monoisotopic (exact) mass is 357 g/mol. The highest BCUT2D eigenvalue weighted by Crippen LogP contribution is 2.26. The van der Waals surface area contributed by atoms with Crippen LogP contribution >= 0.6 is 15.9 Å². The van der Waals surface area contributed by atoms with Gasteiger partial charge in [0.05, 0.1) is 6.61 Å². The molecule has 3 nitrogen and oxygen atoms in total. The van der Waals surface area contributed by atoms with Crippen LogP contribution in [0.25, 0.3) is 6.08 Å². The molecule has 0 radical (unpaired) electrons. The third-order valence-corrected chi connectivity index (χ3v) is 4.08. The minimum atomic E-state index is -0.137. The molecule has 0 spiro atoms. The van der Waals surface area contributed by atoms with Gasteiger partial charge in [-0.25, -0.2) is 0 Å². The summed E-state index contributed by atoms with van der Waals surface area (Å²) in [6.07, 6.45) is 4.31. The van der Waals surface area contributed by atoms with Crippen molar-refractivity contribution in [3.8, 4) is 5.75 Å². The quantitative estimate of drug-likeness (QED) is 0.829. The van der Waals surface area contributed by atoms with Gasteiger partial charge in [-0.2, -0.15) is 0 Å². The molecule has 22 heavy (non-hydrogen) atoms. The van der Waals surface area contributed by atoms with Crippen molar-refractivity contribution in [1.29, 1.82) is 0 Å². The Morgan fingerprint density at radius 2 is 2.14 bits per heavy atom. The Hall–Kier alpha value is -2.07. The number of amides is 1. The van der Waals surface area contributed by atoms with E-state index in [1.165, 1.54) is 5.56 Å². The number of hydrogen-bond acceptors (Lipinski definition) is 2. The molecule has 4 heteroatoms. The summed E-state index contributed by atoms with van der Waals surface area (Å²) in [5.74, 6) is 0.814. The van der Waals surface area contributed by atoms with Gasteiger partial charge in [-0.05, 0) is 60.0 Å². The molecule has 0 aliphatic carbocycles. The van der Waals surface area contributed by atoms with Crippen LogP contribution in [0.4, 0.5) is 5.69 Å². The van der Waals surface area contributed by atoms with Gasteiger partial charge >= 0.3 is 0 Å². The third kappa shape index (κ3) is 3.39. The van der Waals surface area contributed by atoms with Gasteiger partial charge in [-0.1, -0.05) is 22.0 Å². The minimum Gasteiger partial charge on any atom is -0.493 e. The smallest absolute Gasteiger partial charge is 0.248 e. The molecule has 0 atom stereocenters. The second-order valence-corrected chi connectivity index (χ2v) is 6.16. The summed E-state index contributed by atoms with van der Waals surface area (Å²) in [5, 5.41) is 2.89. The van der Waals surface area contributed by atoms with Crippen LogP contribution in [0.15, 0.2) is 46.9 Å². The standard InChI is InChI=1S/C18H16BrNO2/c1-12-10-15(19)4-5-16(12)20-18(21)7-3-13-2-6-17-14(11-13)8-9-22-17/h2-7,10-11H,8-9H2,1H3,(H,20,21)/b7-3+. The first kappa shape index (κ1) is 14.9. The van der Waals surface area contributed by atoms with Gasteiger partial charge in [-0.15, -0.1) is 0 Å². The molecule has 0 fully saturated rings. The van der Waals surface area contributed by atoms with Gasteiger partial charge in [0.2, 0.25) is 5.91 Å². The lowest BCUT2D eigenvalue weighted by Gasteiger charge is -2.06. The first-order valence-corrected chi connectivity index (χ1v) is 7.92. The van der Waals surface area contributed by atoms with Crippen LogP contribution in [0.1, 0.15) is 16.7 Å². The van der Waals surface area contributed by atoms with E-state index in [0.29, 0.717) is 0 Å². The maximum absolute atomic E-state index is 12.0. The van der Waals surface area contributed by atoms with Gasteiger partial charge in [0.15, 0.2) is 0 Å². The van der Waals surface area contributed by atoms with Crippen molar-refractivity contribution in [3.05, 3.63) is 63.6 Å². The Kier molecular flexibility index (Phi) is 4.29. The highest BCUT2D eigenvalue weighted by atomic mass is 79.9. The molecule has 1 N–H and O–H groups in total. The summed E-state index contributed by atoms with van der Waals surface area (Å²) < 4.78 is 6.47. The SMILES string of the molecule is Cc1cc(Br)ccc1NC(=O)/C=C/c1ccc2c(c1)CCO2. The maximum Gasteiger partial charge on any atom is 0.248 e. The normalized spacial score (nSPS) is 13.0. The van der Waals surface area contributed by atoms with Crippen molar-refractivity contribution in [1.82, 2.24) is 0 Å². The molecule has 112 valence electrons. The molecule has 0 unspecified atom stereocenters. The molecule has 1 amide bonds. The largest absolute Gasteiger partial charge is 0.493 e. The Labute approximate surface area is 138 Å². The van der Waals surface area contributed by atoms with Crippen molar-refractivity contribution in [2.75, 3.05) is 11.9 Å². The maximum atomic E-state index is 12.0. The average Bonchev–Trinajstić information content (AvgIpc) is 2.95. The molecule has 1 aliphatic heterocycles. The molecule has 0 aromatic heterocycles. The van der Waals surface area contributed by atoms with Crippen LogP contribution in [0, 0.1) is 6.92 Å². The Balaban J connectivity index is 1.68. The number of rotatable bonds is 3.